The topological polar surface area (TPSA) is 159 Å². The lowest BCUT2D eigenvalue weighted by molar-refractivity contribution is -0.278. The summed E-state index contributed by atoms with van der Waals surface area (Å²) in [6.07, 6.45) is -1.10. The molecule has 10 heteroatoms. The highest BCUT2D eigenvalue weighted by atomic mass is 16.7. The van der Waals surface area contributed by atoms with Crippen molar-refractivity contribution in [3.8, 4) is 17.2 Å². The molecule has 1 saturated heterocycles. The molecule has 1 aliphatic heterocycles. The zero-order valence-corrected chi connectivity index (χ0v) is 18.6. The van der Waals surface area contributed by atoms with Crippen molar-refractivity contribution in [1.29, 1.82) is 0 Å². The molecule has 5 atom stereocenters. The molecule has 5 N–H and O–H groups in total. The molecule has 33 heavy (non-hydrogen) atoms. The van der Waals surface area contributed by atoms with Crippen LogP contribution in [0.4, 0.5) is 0 Å². The Kier molecular flexibility index (Phi) is 8.93. The first-order valence-electron chi connectivity index (χ1n) is 11.3. The van der Waals surface area contributed by atoms with Gasteiger partial charge in [0.2, 0.25) is 6.29 Å². The molecule has 1 fully saturated rings. The van der Waals surface area contributed by atoms with E-state index in [1.54, 1.807) is 6.07 Å². The zero-order chi connectivity index (χ0) is 24.0. The molecule has 0 aliphatic carbocycles. The summed E-state index contributed by atoms with van der Waals surface area (Å²) in [5.74, 6) is -0.686. The number of hydrogen-bond acceptors (Lipinski definition) is 10. The van der Waals surface area contributed by atoms with Crippen LogP contribution in [0.1, 0.15) is 45.4 Å². The summed E-state index contributed by atoms with van der Waals surface area (Å²) < 4.78 is 21.5. The Morgan fingerprint density at radius 1 is 1.00 bits per heavy atom. The second kappa shape index (κ2) is 11.7. The average Bonchev–Trinajstić information content (AvgIpc) is 2.80. The Bertz CT molecular complexity index is 956. The van der Waals surface area contributed by atoms with Crippen molar-refractivity contribution < 1.29 is 44.2 Å². The van der Waals surface area contributed by atoms with Gasteiger partial charge in [-0.1, -0.05) is 39.0 Å². The van der Waals surface area contributed by atoms with E-state index in [9.17, 15) is 30.3 Å². The minimum absolute atomic E-state index is 0.0825. The Labute approximate surface area is 190 Å². The van der Waals surface area contributed by atoms with Crippen molar-refractivity contribution in [3.05, 3.63) is 28.6 Å². The van der Waals surface area contributed by atoms with Gasteiger partial charge in [-0.25, -0.2) is 4.79 Å². The standard InChI is InChI=1S/C23H32O10/c1-2-3-4-5-6-7-10-30-13-8-9-14-15(11-13)31-22(29)21(17(14)25)33-23-20(28)19(27)18(26)16(12-24)32-23/h8-9,11,16,18-20,23-28H,2-7,10,12H2,1H3/t16-,18+,19+,20-,23-/m1/s1. The van der Waals surface area contributed by atoms with Crippen LogP contribution in [-0.4, -0.2) is 69.5 Å². The predicted octanol–water partition coefficient (Wildman–Crippen LogP) is 1.42. The number of benzene rings is 1. The summed E-state index contributed by atoms with van der Waals surface area (Å²) in [6, 6.07) is 4.62. The molecule has 1 aliphatic rings. The minimum Gasteiger partial charge on any atom is -0.504 e. The fraction of sp³-hybridized carbons (Fsp3) is 0.609. The van der Waals surface area contributed by atoms with Crippen molar-refractivity contribution in [3.63, 3.8) is 0 Å². The van der Waals surface area contributed by atoms with E-state index in [1.165, 1.54) is 31.4 Å². The van der Waals surface area contributed by atoms with Crippen molar-refractivity contribution >= 4 is 11.0 Å². The Morgan fingerprint density at radius 2 is 1.73 bits per heavy atom. The summed E-state index contributed by atoms with van der Waals surface area (Å²) in [7, 11) is 0. The van der Waals surface area contributed by atoms with E-state index < -0.39 is 54.4 Å². The van der Waals surface area contributed by atoms with Crippen molar-refractivity contribution in [2.75, 3.05) is 13.2 Å². The molecule has 3 rings (SSSR count). The van der Waals surface area contributed by atoms with Crippen molar-refractivity contribution in [2.24, 2.45) is 0 Å². The minimum atomic E-state index is -1.74. The van der Waals surface area contributed by atoms with E-state index in [-0.39, 0.29) is 11.0 Å². The van der Waals surface area contributed by atoms with Crippen LogP contribution in [0.3, 0.4) is 0 Å². The molecule has 0 spiro atoms. The lowest BCUT2D eigenvalue weighted by Crippen LogP contribution is -2.60. The Morgan fingerprint density at radius 3 is 2.45 bits per heavy atom. The highest BCUT2D eigenvalue weighted by Gasteiger charge is 2.45. The molecular formula is C23H32O10. The molecule has 0 radical (unpaired) electrons. The number of fused-ring (bicyclic) bond motifs is 1. The smallest absolute Gasteiger partial charge is 0.383 e. The number of aliphatic hydroxyl groups is 4. The maximum atomic E-state index is 12.4. The van der Waals surface area contributed by atoms with Gasteiger partial charge in [0.1, 0.15) is 35.7 Å². The number of aromatic hydroxyl groups is 1. The van der Waals surface area contributed by atoms with Crippen LogP contribution >= 0.6 is 0 Å². The van der Waals surface area contributed by atoms with Gasteiger partial charge in [0.15, 0.2) is 5.75 Å². The predicted molar refractivity (Wildman–Crippen MR) is 117 cm³/mol. The molecule has 1 aromatic heterocycles. The van der Waals surface area contributed by atoms with Gasteiger partial charge >= 0.3 is 5.63 Å². The van der Waals surface area contributed by atoms with Gasteiger partial charge in [-0.15, -0.1) is 0 Å². The highest BCUT2D eigenvalue weighted by Crippen LogP contribution is 2.35. The molecule has 0 bridgehead atoms. The van der Waals surface area contributed by atoms with Gasteiger partial charge in [0.05, 0.1) is 18.6 Å². The van der Waals surface area contributed by atoms with Gasteiger partial charge in [-0.2, -0.15) is 0 Å². The quantitative estimate of drug-likeness (QED) is 0.241. The number of rotatable bonds is 11. The van der Waals surface area contributed by atoms with E-state index in [0.29, 0.717) is 12.4 Å². The number of aliphatic hydroxyl groups excluding tert-OH is 4. The number of unbranched alkanes of at least 4 members (excludes halogenated alkanes) is 5. The lowest BCUT2D eigenvalue weighted by Gasteiger charge is -2.39. The van der Waals surface area contributed by atoms with E-state index in [0.717, 1.165) is 19.3 Å². The third-order valence-electron chi connectivity index (χ3n) is 5.66. The first-order valence-corrected chi connectivity index (χ1v) is 11.3. The molecule has 2 aromatic rings. The summed E-state index contributed by atoms with van der Waals surface area (Å²) in [4.78, 5) is 12.4. The third kappa shape index (κ3) is 5.96. The van der Waals surface area contributed by atoms with Gasteiger partial charge < -0.3 is 44.2 Å². The van der Waals surface area contributed by atoms with Crippen LogP contribution in [0.25, 0.3) is 11.0 Å². The van der Waals surface area contributed by atoms with Crippen LogP contribution in [0.15, 0.2) is 27.4 Å². The monoisotopic (exact) mass is 468 g/mol. The van der Waals surface area contributed by atoms with E-state index in [1.807, 2.05) is 0 Å². The zero-order valence-electron chi connectivity index (χ0n) is 18.6. The SMILES string of the molecule is CCCCCCCCOc1ccc2c(O)c(O[C@H]3O[C@H](CO)[C@H](O)[C@H](O)[C@H]3O)c(=O)oc2c1. The van der Waals surface area contributed by atoms with Gasteiger partial charge in [-0.05, 0) is 18.6 Å². The van der Waals surface area contributed by atoms with E-state index in [4.69, 9.17) is 18.6 Å². The van der Waals surface area contributed by atoms with Gasteiger partial charge in [0.25, 0.3) is 5.75 Å². The lowest BCUT2D eigenvalue weighted by atomic mass is 9.99. The fourth-order valence-electron chi connectivity index (χ4n) is 3.69. The molecular weight excluding hydrogens is 436 g/mol. The van der Waals surface area contributed by atoms with Gasteiger partial charge in [-0.3, -0.25) is 0 Å². The molecule has 0 saturated carbocycles. The first-order chi connectivity index (χ1) is 15.9. The molecule has 2 heterocycles. The highest BCUT2D eigenvalue weighted by molar-refractivity contribution is 5.86. The Hall–Kier alpha value is -2.37. The second-order valence-electron chi connectivity index (χ2n) is 8.16. The van der Waals surface area contributed by atoms with Crippen molar-refractivity contribution in [2.45, 2.75) is 76.2 Å². The average molecular weight is 468 g/mol. The maximum Gasteiger partial charge on any atom is 0.383 e. The van der Waals surface area contributed by atoms with E-state index >= 15 is 0 Å². The normalized spacial score (nSPS) is 25.3. The third-order valence-corrected chi connectivity index (χ3v) is 5.66. The molecule has 10 nitrogen and oxygen atoms in total. The van der Waals surface area contributed by atoms with Crippen LogP contribution in [0.5, 0.6) is 17.2 Å². The molecule has 0 amide bonds. The largest absolute Gasteiger partial charge is 0.504 e. The molecule has 1 aromatic carbocycles. The van der Waals surface area contributed by atoms with Crippen molar-refractivity contribution in [1.82, 2.24) is 0 Å². The second-order valence-corrected chi connectivity index (χ2v) is 8.16. The van der Waals surface area contributed by atoms with Crippen LogP contribution in [0.2, 0.25) is 0 Å². The first kappa shape index (κ1) is 25.3. The van der Waals surface area contributed by atoms with Gasteiger partial charge in [0, 0.05) is 6.07 Å². The van der Waals surface area contributed by atoms with Crippen LogP contribution in [-0.2, 0) is 4.74 Å². The number of ether oxygens (including phenoxy) is 3. The molecule has 184 valence electrons. The Balaban J connectivity index is 1.70. The summed E-state index contributed by atoms with van der Waals surface area (Å²) in [6.45, 7) is 2.03. The fourth-order valence-corrected chi connectivity index (χ4v) is 3.69. The molecule has 0 unspecified atom stereocenters. The summed E-state index contributed by atoms with van der Waals surface area (Å²) in [5.41, 5.74) is -0.955. The summed E-state index contributed by atoms with van der Waals surface area (Å²) >= 11 is 0. The van der Waals surface area contributed by atoms with E-state index in [2.05, 4.69) is 6.92 Å². The van der Waals surface area contributed by atoms with Crippen LogP contribution < -0.4 is 15.1 Å². The summed E-state index contributed by atoms with van der Waals surface area (Å²) in [5, 5.41) is 49.9. The number of hydrogen-bond donors (Lipinski definition) is 5. The van der Waals surface area contributed by atoms with Crippen LogP contribution in [0, 0.1) is 0 Å². The maximum absolute atomic E-state index is 12.4.